The number of rotatable bonds is 12. The van der Waals surface area contributed by atoms with Gasteiger partial charge in [0.1, 0.15) is 6.10 Å². The number of hydrogen-bond acceptors (Lipinski definition) is 3. The van der Waals surface area contributed by atoms with Crippen LogP contribution in [0.2, 0.25) is 0 Å². The standard InChI is InChI=1S/C25H40N2O2/c1-2-3-4-5-6-11-17-23-24(22-15-9-7-10-16-22)29-25(28)27(23)21-14-20-26-18-12-8-13-19-26/h7,9-10,15-16,23-24H,2-6,8,11-14,17-21H2,1H3. The second kappa shape index (κ2) is 12.2. The van der Waals surface area contributed by atoms with E-state index < -0.39 is 0 Å². The van der Waals surface area contributed by atoms with Crippen molar-refractivity contribution in [3.8, 4) is 0 Å². The predicted molar refractivity (Wildman–Crippen MR) is 119 cm³/mol. The molecule has 2 aliphatic rings. The Morgan fingerprint density at radius 2 is 1.62 bits per heavy atom. The maximum Gasteiger partial charge on any atom is 0.410 e. The Morgan fingerprint density at radius 1 is 0.897 bits per heavy atom. The van der Waals surface area contributed by atoms with Crippen molar-refractivity contribution in [1.82, 2.24) is 9.80 Å². The van der Waals surface area contributed by atoms with E-state index in [0.29, 0.717) is 0 Å². The summed E-state index contributed by atoms with van der Waals surface area (Å²) in [5.74, 6) is 0. The van der Waals surface area contributed by atoms with Crippen LogP contribution in [0.3, 0.4) is 0 Å². The molecule has 2 fully saturated rings. The third-order valence-corrected chi connectivity index (χ3v) is 6.52. The summed E-state index contributed by atoms with van der Waals surface area (Å²) < 4.78 is 5.88. The molecular weight excluding hydrogens is 360 g/mol. The van der Waals surface area contributed by atoms with Crippen LogP contribution in [0.1, 0.15) is 89.2 Å². The highest BCUT2D eigenvalue weighted by Gasteiger charge is 2.41. The van der Waals surface area contributed by atoms with E-state index in [1.807, 2.05) is 23.1 Å². The van der Waals surface area contributed by atoms with E-state index >= 15 is 0 Å². The van der Waals surface area contributed by atoms with Crippen LogP contribution in [0.15, 0.2) is 30.3 Å². The molecule has 0 aliphatic carbocycles. The molecule has 0 N–H and O–H groups in total. The molecule has 1 aromatic carbocycles. The first-order valence-corrected chi connectivity index (χ1v) is 12.0. The van der Waals surface area contributed by atoms with Crippen LogP contribution in [-0.2, 0) is 4.74 Å². The Hall–Kier alpha value is -1.55. The van der Waals surface area contributed by atoms with Crippen molar-refractivity contribution < 1.29 is 9.53 Å². The molecule has 2 unspecified atom stereocenters. The first-order chi connectivity index (χ1) is 14.3. The maximum atomic E-state index is 12.7. The minimum absolute atomic E-state index is 0.116. The average Bonchev–Trinajstić information content (AvgIpc) is 3.07. The number of amides is 1. The monoisotopic (exact) mass is 400 g/mol. The maximum absolute atomic E-state index is 12.7. The Morgan fingerprint density at radius 3 is 2.38 bits per heavy atom. The molecule has 0 spiro atoms. The molecule has 162 valence electrons. The number of cyclic esters (lactones) is 1. The number of hydrogen-bond donors (Lipinski definition) is 0. The molecule has 0 saturated carbocycles. The highest BCUT2D eigenvalue weighted by atomic mass is 16.6. The zero-order chi connectivity index (χ0) is 20.3. The van der Waals surface area contributed by atoms with Gasteiger partial charge in [-0.3, -0.25) is 0 Å². The van der Waals surface area contributed by atoms with Gasteiger partial charge in [-0.2, -0.15) is 0 Å². The van der Waals surface area contributed by atoms with Crippen molar-refractivity contribution in [3.63, 3.8) is 0 Å². The summed E-state index contributed by atoms with van der Waals surface area (Å²) in [6.07, 6.45) is 13.6. The molecular formula is C25H40N2O2. The summed E-state index contributed by atoms with van der Waals surface area (Å²) in [6, 6.07) is 10.5. The van der Waals surface area contributed by atoms with E-state index in [1.165, 1.54) is 70.9 Å². The third kappa shape index (κ3) is 6.74. The van der Waals surface area contributed by atoms with Gasteiger partial charge in [0, 0.05) is 6.54 Å². The Kier molecular flexibility index (Phi) is 9.33. The van der Waals surface area contributed by atoms with Crippen molar-refractivity contribution in [2.24, 2.45) is 0 Å². The van der Waals surface area contributed by atoms with E-state index in [0.717, 1.165) is 31.5 Å². The van der Waals surface area contributed by atoms with Gasteiger partial charge in [-0.05, 0) is 50.9 Å². The van der Waals surface area contributed by atoms with E-state index in [9.17, 15) is 4.79 Å². The van der Waals surface area contributed by atoms with Crippen LogP contribution in [0.25, 0.3) is 0 Å². The lowest BCUT2D eigenvalue weighted by atomic mass is 9.96. The Bertz CT molecular complexity index is 586. The van der Waals surface area contributed by atoms with Crippen LogP contribution in [-0.4, -0.2) is 48.1 Å². The predicted octanol–water partition coefficient (Wildman–Crippen LogP) is 6.18. The molecule has 0 radical (unpaired) electrons. The summed E-state index contributed by atoms with van der Waals surface area (Å²) in [6.45, 7) is 6.62. The highest BCUT2D eigenvalue weighted by molar-refractivity contribution is 5.71. The zero-order valence-corrected chi connectivity index (χ0v) is 18.4. The van der Waals surface area contributed by atoms with E-state index in [-0.39, 0.29) is 18.2 Å². The van der Waals surface area contributed by atoms with Crippen molar-refractivity contribution >= 4 is 6.09 Å². The fraction of sp³-hybridized carbons (Fsp3) is 0.720. The second-order valence-electron chi connectivity index (χ2n) is 8.79. The van der Waals surface area contributed by atoms with E-state index in [1.54, 1.807) is 0 Å². The molecule has 2 aliphatic heterocycles. The summed E-state index contributed by atoms with van der Waals surface area (Å²) in [7, 11) is 0. The molecule has 0 aromatic heterocycles. The van der Waals surface area contributed by atoms with Crippen molar-refractivity contribution in [3.05, 3.63) is 35.9 Å². The molecule has 1 aromatic rings. The zero-order valence-electron chi connectivity index (χ0n) is 18.4. The second-order valence-corrected chi connectivity index (χ2v) is 8.79. The summed E-state index contributed by atoms with van der Waals surface area (Å²) in [5, 5.41) is 0. The minimum atomic E-state index is -0.117. The number of ether oxygens (including phenoxy) is 1. The Labute approximate surface area is 177 Å². The number of carbonyl (C=O) groups is 1. The molecule has 4 nitrogen and oxygen atoms in total. The van der Waals surface area contributed by atoms with Gasteiger partial charge in [-0.25, -0.2) is 4.79 Å². The molecule has 4 heteroatoms. The van der Waals surface area contributed by atoms with Crippen molar-refractivity contribution in [1.29, 1.82) is 0 Å². The van der Waals surface area contributed by atoms with Gasteiger partial charge >= 0.3 is 6.09 Å². The van der Waals surface area contributed by atoms with Gasteiger partial charge < -0.3 is 14.5 Å². The first-order valence-electron chi connectivity index (χ1n) is 12.0. The SMILES string of the molecule is CCCCCCCCC1C(c2ccccc2)OC(=O)N1CCCN1CCCCC1. The minimum Gasteiger partial charge on any atom is -0.439 e. The largest absolute Gasteiger partial charge is 0.439 e. The molecule has 2 saturated heterocycles. The normalized spacial score (nSPS) is 22.8. The molecule has 0 bridgehead atoms. The fourth-order valence-electron chi connectivity index (χ4n) is 4.83. The molecule has 2 heterocycles. The number of carbonyl (C=O) groups excluding carboxylic acids is 1. The van der Waals surface area contributed by atoms with Crippen LogP contribution in [0.4, 0.5) is 4.79 Å². The lowest BCUT2D eigenvalue weighted by Crippen LogP contribution is -2.38. The number of nitrogens with zero attached hydrogens (tertiary/aromatic N) is 2. The summed E-state index contributed by atoms with van der Waals surface area (Å²) >= 11 is 0. The van der Waals surface area contributed by atoms with Gasteiger partial charge in [0.2, 0.25) is 0 Å². The van der Waals surface area contributed by atoms with Crippen molar-refractivity contribution in [2.75, 3.05) is 26.2 Å². The van der Waals surface area contributed by atoms with Gasteiger partial charge in [0.15, 0.2) is 0 Å². The van der Waals surface area contributed by atoms with Gasteiger partial charge in [-0.15, -0.1) is 0 Å². The molecule has 3 rings (SSSR count). The van der Waals surface area contributed by atoms with Gasteiger partial charge in [-0.1, -0.05) is 82.2 Å². The average molecular weight is 401 g/mol. The topological polar surface area (TPSA) is 32.8 Å². The quantitative estimate of drug-likeness (QED) is 0.393. The lowest BCUT2D eigenvalue weighted by molar-refractivity contribution is 0.128. The first kappa shape index (κ1) is 22.1. The van der Waals surface area contributed by atoms with Crippen molar-refractivity contribution in [2.45, 2.75) is 89.7 Å². The lowest BCUT2D eigenvalue weighted by Gasteiger charge is -2.28. The number of unbranched alkanes of at least 4 members (excludes halogenated alkanes) is 5. The molecule has 29 heavy (non-hydrogen) atoms. The highest BCUT2D eigenvalue weighted by Crippen LogP contribution is 2.35. The third-order valence-electron chi connectivity index (χ3n) is 6.52. The smallest absolute Gasteiger partial charge is 0.410 e. The molecule has 2 atom stereocenters. The van der Waals surface area contributed by atoms with Crippen LogP contribution in [0, 0.1) is 0 Å². The Balaban J connectivity index is 1.55. The van der Waals surface area contributed by atoms with E-state index in [4.69, 9.17) is 4.74 Å². The number of likely N-dealkylation sites (tertiary alicyclic amines) is 1. The van der Waals surface area contributed by atoms with Gasteiger partial charge in [0.25, 0.3) is 0 Å². The number of benzene rings is 1. The van der Waals surface area contributed by atoms with Crippen LogP contribution >= 0.6 is 0 Å². The van der Waals surface area contributed by atoms with Crippen LogP contribution < -0.4 is 0 Å². The van der Waals surface area contributed by atoms with Gasteiger partial charge in [0.05, 0.1) is 6.04 Å². The van der Waals surface area contributed by atoms with Crippen LogP contribution in [0.5, 0.6) is 0 Å². The summed E-state index contributed by atoms with van der Waals surface area (Å²) in [5.41, 5.74) is 1.13. The summed E-state index contributed by atoms with van der Waals surface area (Å²) in [4.78, 5) is 17.3. The molecule has 1 amide bonds. The number of piperidine rings is 1. The van der Waals surface area contributed by atoms with E-state index in [2.05, 4.69) is 24.0 Å². The fourth-order valence-corrected chi connectivity index (χ4v) is 4.83.